The molecule has 0 spiro atoms. The predicted molar refractivity (Wildman–Crippen MR) is 79.1 cm³/mol. The Morgan fingerprint density at radius 3 is 3.10 bits per heavy atom. The average Bonchev–Trinajstić information content (AvgIpc) is 3.19. The minimum atomic E-state index is -0.407. The topological polar surface area (TPSA) is 82.2 Å². The van der Waals surface area contributed by atoms with Crippen LogP contribution in [-0.2, 0) is 9.53 Å². The number of imidazole rings is 1. The predicted octanol–water partition coefficient (Wildman–Crippen LogP) is 1.32. The van der Waals surface area contributed by atoms with Gasteiger partial charge in [-0.05, 0) is 31.0 Å². The number of rotatable bonds is 4. The van der Waals surface area contributed by atoms with Crippen molar-refractivity contribution in [2.45, 2.75) is 25.0 Å². The van der Waals surface area contributed by atoms with Crippen LogP contribution >= 0.6 is 0 Å². The van der Waals surface area contributed by atoms with E-state index in [4.69, 9.17) is 10.5 Å². The molecule has 3 N–H and O–H groups in total. The van der Waals surface area contributed by atoms with Crippen LogP contribution in [0.2, 0.25) is 0 Å². The molecule has 1 fully saturated rings. The van der Waals surface area contributed by atoms with E-state index in [1.165, 1.54) is 0 Å². The number of benzene rings is 1. The summed E-state index contributed by atoms with van der Waals surface area (Å²) in [5.74, 6) is -0.117. The zero-order valence-electron chi connectivity index (χ0n) is 11.6. The molecule has 2 unspecified atom stereocenters. The average molecular weight is 286 g/mol. The first kappa shape index (κ1) is 13.8. The van der Waals surface area contributed by atoms with Crippen LogP contribution in [0.3, 0.4) is 0 Å². The van der Waals surface area contributed by atoms with E-state index < -0.39 is 6.10 Å². The molecule has 0 saturated carbocycles. The molecule has 1 aliphatic rings. The third kappa shape index (κ3) is 3.12. The summed E-state index contributed by atoms with van der Waals surface area (Å²) in [5, 5.41) is 2.89. The van der Waals surface area contributed by atoms with Gasteiger partial charge in [-0.2, -0.15) is 0 Å². The Morgan fingerprint density at radius 2 is 2.38 bits per heavy atom. The first-order valence-electron chi connectivity index (χ1n) is 7.01. The highest BCUT2D eigenvalue weighted by atomic mass is 16.5. The fraction of sp³-hybridized carbons (Fsp3) is 0.333. The highest BCUT2D eigenvalue weighted by Crippen LogP contribution is 2.21. The number of nitrogens with zero attached hydrogens (tertiary/aromatic N) is 2. The third-order valence-corrected chi connectivity index (χ3v) is 3.58. The SMILES string of the molecule is NCC1CCC(C(=O)Nc2cccc(-n3ccnc3)c2)O1. The summed E-state index contributed by atoms with van der Waals surface area (Å²) in [6, 6.07) is 7.60. The second-order valence-corrected chi connectivity index (χ2v) is 5.07. The second-order valence-electron chi connectivity index (χ2n) is 5.07. The maximum atomic E-state index is 12.2. The molecule has 2 heterocycles. The molecule has 2 aromatic rings. The van der Waals surface area contributed by atoms with Crippen LogP contribution in [0, 0.1) is 0 Å². The lowest BCUT2D eigenvalue weighted by Crippen LogP contribution is -2.29. The molecular weight excluding hydrogens is 268 g/mol. The largest absolute Gasteiger partial charge is 0.364 e. The van der Waals surface area contributed by atoms with Crippen molar-refractivity contribution in [1.29, 1.82) is 0 Å². The molecule has 0 aliphatic carbocycles. The molecule has 1 amide bonds. The molecule has 110 valence electrons. The van der Waals surface area contributed by atoms with Crippen molar-refractivity contribution in [3.05, 3.63) is 43.0 Å². The molecule has 1 aromatic heterocycles. The molecule has 1 saturated heterocycles. The Balaban J connectivity index is 1.68. The van der Waals surface area contributed by atoms with Crippen molar-refractivity contribution in [1.82, 2.24) is 9.55 Å². The zero-order valence-corrected chi connectivity index (χ0v) is 11.6. The van der Waals surface area contributed by atoms with Gasteiger partial charge in [-0.25, -0.2) is 4.98 Å². The number of aromatic nitrogens is 2. The van der Waals surface area contributed by atoms with Crippen molar-refractivity contribution < 1.29 is 9.53 Å². The fourth-order valence-corrected chi connectivity index (χ4v) is 2.45. The number of nitrogens with two attached hydrogens (primary N) is 1. The van der Waals surface area contributed by atoms with Crippen molar-refractivity contribution in [3.8, 4) is 5.69 Å². The van der Waals surface area contributed by atoms with Crippen LogP contribution in [0.25, 0.3) is 5.69 Å². The summed E-state index contributed by atoms with van der Waals surface area (Å²) in [4.78, 5) is 16.2. The molecule has 0 bridgehead atoms. The molecular formula is C15H18N4O2. The van der Waals surface area contributed by atoms with Gasteiger partial charge >= 0.3 is 0 Å². The lowest BCUT2D eigenvalue weighted by molar-refractivity contribution is -0.126. The highest BCUT2D eigenvalue weighted by Gasteiger charge is 2.29. The van der Waals surface area contributed by atoms with Crippen LogP contribution < -0.4 is 11.1 Å². The van der Waals surface area contributed by atoms with Crippen LogP contribution in [0.1, 0.15) is 12.8 Å². The second kappa shape index (κ2) is 6.07. The van der Waals surface area contributed by atoms with E-state index in [0.29, 0.717) is 6.54 Å². The van der Waals surface area contributed by atoms with Gasteiger partial charge in [0.25, 0.3) is 5.91 Å². The van der Waals surface area contributed by atoms with Crippen molar-refractivity contribution in [3.63, 3.8) is 0 Å². The van der Waals surface area contributed by atoms with Gasteiger partial charge in [-0.15, -0.1) is 0 Å². The van der Waals surface area contributed by atoms with Crippen molar-refractivity contribution >= 4 is 11.6 Å². The maximum Gasteiger partial charge on any atom is 0.253 e. The first-order chi connectivity index (χ1) is 10.3. The lowest BCUT2D eigenvalue weighted by Gasteiger charge is -2.13. The first-order valence-corrected chi connectivity index (χ1v) is 7.01. The number of anilines is 1. The molecule has 1 aromatic carbocycles. The van der Waals surface area contributed by atoms with E-state index in [2.05, 4.69) is 10.3 Å². The molecule has 21 heavy (non-hydrogen) atoms. The van der Waals surface area contributed by atoms with Gasteiger partial charge in [0.05, 0.1) is 12.4 Å². The van der Waals surface area contributed by atoms with Gasteiger partial charge in [0.2, 0.25) is 0 Å². The summed E-state index contributed by atoms with van der Waals surface area (Å²) >= 11 is 0. The lowest BCUT2D eigenvalue weighted by atomic mass is 10.2. The van der Waals surface area contributed by atoms with E-state index in [0.717, 1.165) is 24.2 Å². The van der Waals surface area contributed by atoms with Gasteiger partial charge in [0, 0.05) is 30.3 Å². The van der Waals surface area contributed by atoms with E-state index in [9.17, 15) is 4.79 Å². The van der Waals surface area contributed by atoms with E-state index >= 15 is 0 Å². The standard InChI is InChI=1S/C15H18N4O2/c16-9-13-4-5-14(21-13)15(20)18-11-2-1-3-12(8-11)19-7-6-17-10-19/h1-3,6-8,10,13-14H,4-5,9,16H2,(H,18,20). The van der Waals surface area contributed by atoms with Gasteiger partial charge in [-0.1, -0.05) is 6.07 Å². The number of carbonyl (C=O) groups excluding carboxylic acids is 1. The minimum absolute atomic E-state index is 0.00182. The third-order valence-electron chi connectivity index (χ3n) is 3.58. The number of ether oxygens (including phenoxy) is 1. The van der Waals surface area contributed by atoms with Gasteiger partial charge in [0.15, 0.2) is 0 Å². The fourth-order valence-electron chi connectivity index (χ4n) is 2.45. The number of hydrogen-bond acceptors (Lipinski definition) is 4. The summed E-state index contributed by atoms with van der Waals surface area (Å²) in [7, 11) is 0. The van der Waals surface area contributed by atoms with Crippen LogP contribution in [0.5, 0.6) is 0 Å². The molecule has 2 atom stereocenters. The number of nitrogens with one attached hydrogen (secondary N) is 1. The van der Waals surface area contributed by atoms with Crippen LogP contribution in [-0.4, -0.2) is 34.2 Å². The molecule has 6 nitrogen and oxygen atoms in total. The van der Waals surface area contributed by atoms with E-state index in [1.54, 1.807) is 12.5 Å². The Labute approximate surface area is 122 Å². The van der Waals surface area contributed by atoms with Gasteiger partial charge in [-0.3, -0.25) is 4.79 Å². The molecule has 3 rings (SSSR count). The van der Waals surface area contributed by atoms with Crippen molar-refractivity contribution in [2.75, 3.05) is 11.9 Å². The van der Waals surface area contributed by atoms with Gasteiger partial charge < -0.3 is 20.4 Å². The Kier molecular flexibility index (Phi) is 3.98. The quantitative estimate of drug-likeness (QED) is 0.888. The van der Waals surface area contributed by atoms with Crippen molar-refractivity contribution in [2.24, 2.45) is 5.73 Å². The van der Waals surface area contributed by atoms with E-state index in [1.807, 2.05) is 35.0 Å². The Bertz CT molecular complexity index is 612. The molecule has 0 radical (unpaired) electrons. The zero-order chi connectivity index (χ0) is 14.7. The number of amides is 1. The summed E-state index contributed by atoms with van der Waals surface area (Å²) in [6.45, 7) is 0.458. The number of carbonyl (C=O) groups is 1. The minimum Gasteiger partial charge on any atom is -0.364 e. The van der Waals surface area contributed by atoms with E-state index in [-0.39, 0.29) is 12.0 Å². The highest BCUT2D eigenvalue weighted by molar-refractivity contribution is 5.94. The molecule has 6 heteroatoms. The normalized spacial score (nSPS) is 21.4. The Hall–Kier alpha value is -2.18. The summed E-state index contributed by atoms with van der Waals surface area (Å²) in [5.41, 5.74) is 7.24. The summed E-state index contributed by atoms with van der Waals surface area (Å²) < 4.78 is 7.48. The monoisotopic (exact) mass is 286 g/mol. The Morgan fingerprint density at radius 1 is 1.48 bits per heavy atom. The maximum absolute atomic E-state index is 12.2. The number of hydrogen-bond donors (Lipinski definition) is 2. The van der Waals surface area contributed by atoms with Crippen LogP contribution in [0.4, 0.5) is 5.69 Å². The van der Waals surface area contributed by atoms with Crippen LogP contribution in [0.15, 0.2) is 43.0 Å². The molecule has 1 aliphatic heterocycles. The van der Waals surface area contributed by atoms with Gasteiger partial charge in [0.1, 0.15) is 6.10 Å². The summed E-state index contributed by atoms with van der Waals surface area (Å²) in [6.07, 6.45) is 6.43. The smallest absolute Gasteiger partial charge is 0.253 e.